The molecule has 4 rings (SSSR count). The van der Waals surface area contributed by atoms with Gasteiger partial charge in [0.25, 0.3) is 10.0 Å². The minimum absolute atomic E-state index is 0.0332. The van der Waals surface area contributed by atoms with Crippen molar-refractivity contribution < 1.29 is 23.1 Å². The summed E-state index contributed by atoms with van der Waals surface area (Å²) in [6.07, 6.45) is 5.01. The van der Waals surface area contributed by atoms with Crippen LogP contribution in [0.3, 0.4) is 0 Å². The summed E-state index contributed by atoms with van der Waals surface area (Å²) >= 11 is 0. The highest BCUT2D eigenvalue weighted by Gasteiger charge is 2.34. The number of carboxylic acids is 1. The van der Waals surface area contributed by atoms with E-state index >= 15 is 0 Å². The molecule has 0 aliphatic carbocycles. The summed E-state index contributed by atoms with van der Waals surface area (Å²) in [5.41, 5.74) is 2.96. The quantitative estimate of drug-likeness (QED) is 0.568. The average molecular weight is 468 g/mol. The second-order valence-corrected chi connectivity index (χ2v) is 9.83. The van der Waals surface area contributed by atoms with Gasteiger partial charge in [0.2, 0.25) is 0 Å². The molecule has 1 atom stereocenters. The Labute approximate surface area is 192 Å². The number of aromatic nitrogens is 2. The third-order valence-electron chi connectivity index (χ3n) is 5.48. The molecule has 1 aliphatic heterocycles. The monoisotopic (exact) mass is 467 g/mol. The van der Waals surface area contributed by atoms with Crippen LogP contribution in [0, 0.1) is 6.92 Å². The van der Waals surface area contributed by atoms with Crippen molar-refractivity contribution in [1.29, 1.82) is 0 Å². The molecule has 1 aliphatic rings. The van der Waals surface area contributed by atoms with E-state index in [0.29, 0.717) is 11.4 Å². The normalized spacial score (nSPS) is 15.9. The van der Waals surface area contributed by atoms with Crippen LogP contribution >= 0.6 is 0 Å². The van der Waals surface area contributed by atoms with E-state index in [9.17, 15) is 13.2 Å². The van der Waals surface area contributed by atoms with Crippen LogP contribution in [0.5, 0.6) is 5.75 Å². The zero-order chi connectivity index (χ0) is 23.6. The summed E-state index contributed by atoms with van der Waals surface area (Å²) < 4.78 is 36.3. The average Bonchev–Trinajstić information content (AvgIpc) is 3.20. The maximum atomic E-state index is 13.6. The Hall–Kier alpha value is -3.59. The minimum atomic E-state index is -3.88. The first-order valence-electron chi connectivity index (χ1n) is 10.5. The molecule has 0 amide bonds. The SMILES string of the molecule is Cc1cccc(S(=O)(=O)N2C[C@H](CCC(=O)O)Oc3ccc(/C=C/c4ccnn4C)cc32)c1. The fourth-order valence-corrected chi connectivity index (χ4v) is 5.33. The van der Waals surface area contributed by atoms with Crippen LogP contribution in [0.2, 0.25) is 0 Å². The molecule has 0 bridgehead atoms. The Balaban J connectivity index is 1.73. The van der Waals surface area contributed by atoms with Crippen molar-refractivity contribution in [3.05, 3.63) is 71.5 Å². The lowest BCUT2D eigenvalue weighted by atomic mass is 10.1. The Morgan fingerprint density at radius 2 is 2.03 bits per heavy atom. The highest BCUT2D eigenvalue weighted by Crippen LogP contribution is 2.39. The summed E-state index contributed by atoms with van der Waals surface area (Å²) in [5, 5.41) is 13.2. The molecule has 3 aromatic rings. The van der Waals surface area contributed by atoms with Crippen molar-refractivity contribution in [1.82, 2.24) is 9.78 Å². The van der Waals surface area contributed by atoms with Gasteiger partial charge in [-0.3, -0.25) is 13.8 Å². The van der Waals surface area contributed by atoms with Gasteiger partial charge < -0.3 is 9.84 Å². The van der Waals surface area contributed by atoms with Crippen LogP contribution in [0.25, 0.3) is 12.2 Å². The highest BCUT2D eigenvalue weighted by atomic mass is 32.2. The van der Waals surface area contributed by atoms with Gasteiger partial charge >= 0.3 is 5.97 Å². The Kier molecular flexibility index (Phi) is 6.24. The van der Waals surface area contributed by atoms with Crippen molar-refractivity contribution in [2.24, 2.45) is 7.05 Å². The number of fused-ring (bicyclic) bond motifs is 1. The number of carbonyl (C=O) groups is 1. The summed E-state index contributed by atoms with van der Waals surface area (Å²) in [5.74, 6) is -0.543. The summed E-state index contributed by atoms with van der Waals surface area (Å²) in [6, 6.07) is 13.9. The van der Waals surface area contributed by atoms with E-state index in [2.05, 4.69) is 5.10 Å². The zero-order valence-electron chi connectivity index (χ0n) is 18.4. The van der Waals surface area contributed by atoms with Gasteiger partial charge in [0.15, 0.2) is 0 Å². The number of benzene rings is 2. The van der Waals surface area contributed by atoms with E-state index in [-0.39, 0.29) is 24.3 Å². The van der Waals surface area contributed by atoms with Gasteiger partial charge in [-0.2, -0.15) is 5.10 Å². The van der Waals surface area contributed by atoms with Crippen molar-refractivity contribution >= 4 is 33.8 Å². The fraction of sp³-hybridized carbons (Fsp3) is 0.250. The number of ether oxygens (including phenoxy) is 1. The third kappa shape index (κ3) is 4.93. The predicted octanol–water partition coefficient (Wildman–Crippen LogP) is 3.72. The van der Waals surface area contributed by atoms with Crippen LogP contribution < -0.4 is 9.04 Å². The van der Waals surface area contributed by atoms with E-state index in [1.165, 1.54) is 4.31 Å². The third-order valence-corrected chi connectivity index (χ3v) is 7.25. The second-order valence-electron chi connectivity index (χ2n) is 7.97. The van der Waals surface area contributed by atoms with Crippen molar-refractivity contribution in [2.75, 3.05) is 10.8 Å². The first-order chi connectivity index (χ1) is 15.7. The number of anilines is 1. The Morgan fingerprint density at radius 1 is 1.21 bits per heavy atom. The second kappa shape index (κ2) is 9.11. The molecule has 0 radical (unpaired) electrons. The molecule has 0 fully saturated rings. The Morgan fingerprint density at radius 3 is 2.73 bits per heavy atom. The number of aliphatic carboxylic acids is 1. The zero-order valence-corrected chi connectivity index (χ0v) is 19.2. The summed E-state index contributed by atoms with van der Waals surface area (Å²) in [4.78, 5) is 11.2. The Bertz CT molecular complexity index is 1310. The first-order valence-corrected chi connectivity index (χ1v) is 12.0. The predicted molar refractivity (Wildman–Crippen MR) is 126 cm³/mol. The van der Waals surface area contributed by atoms with Crippen LogP contribution in [0.15, 0.2) is 59.6 Å². The number of nitrogens with zero attached hydrogens (tertiary/aromatic N) is 3. The van der Waals surface area contributed by atoms with E-state index < -0.39 is 22.1 Å². The number of hydrogen-bond acceptors (Lipinski definition) is 5. The number of aryl methyl sites for hydroxylation is 2. The molecule has 1 N–H and O–H groups in total. The van der Waals surface area contributed by atoms with Gasteiger partial charge in [-0.1, -0.05) is 24.3 Å². The number of carboxylic acid groups (broad SMARTS) is 1. The topological polar surface area (TPSA) is 102 Å². The summed E-state index contributed by atoms with van der Waals surface area (Å²) in [7, 11) is -2.04. The molecule has 1 aromatic heterocycles. The molecule has 33 heavy (non-hydrogen) atoms. The van der Waals surface area contributed by atoms with E-state index in [1.807, 2.05) is 44.3 Å². The molecule has 8 nitrogen and oxygen atoms in total. The lowest BCUT2D eigenvalue weighted by Gasteiger charge is -2.35. The van der Waals surface area contributed by atoms with Crippen molar-refractivity contribution in [2.45, 2.75) is 30.8 Å². The van der Waals surface area contributed by atoms with Crippen molar-refractivity contribution in [3.8, 4) is 5.75 Å². The van der Waals surface area contributed by atoms with Gasteiger partial charge in [0.05, 0.1) is 22.8 Å². The molecule has 0 saturated heterocycles. The summed E-state index contributed by atoms with van der Waals surface area (Å²) in [6.45, 7) is 1.87. The maximum absolute atomic E-state index is 13.6. The fourth-order valence-electron chi connectivity index (χ4n) is 3.73. The standard InChI is InChI=1S/C24H25N3O5S/c1-17-4-3-5-21(14-17)33(30,31)27-16-20(9-11-24(28)29)32-23-10-7-18(15-22(23)27)6-8-19-12-13-25-26(19)2/h3-8,10,12-15,20H,9,11,16H2,1-2H3,(H,28,29)/b8-6+/t20-/m0/s1. The van der Waals surface area contributed by atoms with Gasteiger partial charge in [0, 0.05) is 19.7 Å². The minimum Gasteiger partial charge on any atom is -0.486 e. The number of hydrogen-bond donors (Lipinski definition) is 1. The molecular formula is C24H25N3O5S. The molecule has 0 unspecified atom stereocenters. The molecule has 0 saturated carbocycles. The first kappa shape index (κ1) is 22.6. The number of rotatable bonds is 7. The highest BCUT2D eigenvalue weighted by molar-refractivity contribution is 7.92. The molecule has 0 spiro atoms. The molecule has 172 valence electrons. The van der Waals surface area contributed by atoms with E-state index in [1.54, 1.807) is 41.2 Å². The molecule has 2 heterocycles. The van der Waals surface area contributed by atoms with Crippen molar-refractivity contribution in [3.63, 3.8) is 0 Å². The lowest BCUT2D eigenvalue weighted by molar-refractivity contribution is -0.137. The maximum Gasteiger partial charge on any atom is 0.303 e. The van der Waals surface area contributed by atoms with Gasteiger partial charge in [-0.25, -0.2) is 8.42 Å². The largest absolute Gasteiger partial charge is 0.486 e. The van der Waals surface area contributed by atoms with Crippen LogP contribution in [0.1, 0.15) is 29.7 Å². The molecule has 2 aromatic carbocycles. The lowest BCUT2D eigenvalue weighted by Crippen LogP contribution is -2.43. The smallest absolute Gasteiger partial charge is 0.303 e. The van der Waals surface area contributed by atoms with Crippen LogP contribution in [0.4, 0.5) is 5.69 Å². The van der Waals surface area contributed by atoms with Gasteiger partial charge in [-0.05, 0) is 60.9 Å². The van der Waals surface area contributed by atoms with E-state index in [4.69, 9.17) is 9.84 Å². The molecular weight excluding hydrogens is 442 g/mol. The number of sulfonamides is 1. The molecule has 9 heteroatoms. The van der Waals surface area contributed by atoms with Crippen LogP contribution in [-0.2, 0) is 21.9 Å². The van der Waals surface area contributed by atoms with Gasteiger partial charge in [-0.15, -0.1) is 0 Å². The van der Waals surface area contributed by atoms with Crippen LogP contribution in [-0.4, -0.2) is 41.9 Å². The van der Waals surface area contributed by atoms with E-state index in [0.717, 1.165) is 16.8 Å². The van der Waals surface area contributed by atoms with Gasteiger partial charge in [0.1, 0.15) is 11.9 Å².